The lowest BCUT2D eigenvalue weighted by Gasteiger charge is -2.09. The Labute approximate surface area is 133 Å². The lowest BCUT2D eigenvalue weighted by molar-refractivity contribution is 0.0933. The van der Waals surface area contributed by atoms with Crippen molar-refractivity contribution < 1.29 is 9.53 Å². The summed E-state index contributed by atoms with van der Waals surface area (Å²) in [6, 6.07) is 8.99. The van der Waals surface area contributed by atoms with Crippen molar-refractivity contribution in [1.82, 2.24) is 25.5 Å². The minimum atomic E-state index is -0.240. The molecule has 0 saturated carbocycles. The van der Waals surface area contributed by atoms with Crippen molar-refractivity contribution in [3.63, 3.8) is 0 Å². The van der Waals surface area contributed by atoms with Gasteiger partial charge in [-0.25, -0.2) is 4.98 Å². The summed E-state index contributed by atoms with van der Waals surface area (Å²) in [4.78, 5) is 19.4. The van der Waals surface area contributed by atoms with Gasteiger partial charge in [0.05, 0.1) is 18.8 Å². The first-order chi connectivity index (χ1) is 11.2. The molecule has 0 aliphatic heterocycles. The summed E-state index contributed by atoms with van der Waals surface area (Å²) < 4.78 is 5.20. The number of hydrogen-bond acceptors (Lipinski definition) is 4. The molecule has 0 saturated heterocycles. The third-order valence-corrected chi connectivity index (χ3v) is 3.47. The summed E-state index contributed by atoms with van der Waals surface area (Å²) in [5.41, 5.74) is 1.94. The van der Waals surface area contributed by atoms with E-state index in [0.717, 1.165) is 11.3 Å². The number of nitrogens with one attached hydrogen (secondary N) is 3. The molecule has 0 fully saturated rings. The van der Waals surface area contributed by atoms with E-state index in [2.05, 4.69) is 25.5 Å². The van der Waals surface area contributed by atoms with Gasteiger partial charge in [0.2, 0.25) is 0 Å². The summed E-state index contributed by atoms with van der Waals surface area (Å²) >= 11 is 0. The quantitative estimate of drug-likeness (QED) is 0.673. The van der Waals surface area contributed by atoms with E-state index in [-0.39, 0.29) is 11.9 Å². The van der Waals surface area contributed by atoms with Gasteiger partial charge in [0.1, 0.15) is 17.3 Å². The molecule has 0 radical (unpaired) electrons. The zero-order valence-electron chi connectivity index (χ0n) is 12.8. The first-order valence-corrected chi connectivity index (χ1v) is 7.17. The molecule has 7 nitrogen and oxygen atoms in total. The molecule has 1 atom stereocenters. The molecule has 1 aromatic carbocycles. The second-order valence-corrected chi connectivity index (χ2v) is 5.07. The Kier molecular flexibility index (Phi) is 4.09. The summed E-state index contributed by atoms with van der Waals surface area (Å²) in [6.07, 6.45) is 3.37. The topological polar surface area (TPSA) is 95.7 Å². The van der Waals surface area contributed by atoms with Crippen LogP contribution in [-0.2, 0) is 0 Å². The Morgan fingerprint density at radius 2 is 2.22 bits per heavy atom. The molecule has 2 aromatic heterocycles. The zero-order valence-corrected chi connectivity index (χ0v) is 12.8. The van der Waals surface area contributed by atoms with Crippen LogP contribution in [0.5, 0.6) is 5.75 Å². The number of H-pyrrole nitrogens is 2. The molecule has 7 heteroatoms. The van der Waals surface area contributed by atoms with Gasteiger partial charge in [-0.3, -0.25) is 9.89 Å². The van der Waals surface area contributed by atoms with E-state index in [1.54, 1.807) is 25.6 Å². The maximum absolute atomic E-state index is 12.3. The third-order valence-electron chi connectivity index (χ3n) is 3.47. The Morgan fingerprint density at radius 3 is 2.96 bits per heavy atom. The lowest BCUT2D eigenvalue weighted by Crippen LogP contribution is -2.27. The number of nitrogens with zero attached hydrogens (tertiary/aromatic N) is 2. The fraction of sp³-hybridized carbons (Fsp3) is 0.188. The fourth-order valence-corrected chi connectivity index (χ4v) is 2.23. The summed E-state index contributed by atoms with van der Waals surface area (Å²) in [5, 5.41) is 9.80. The maximum Gasteiger partial charge on any atom is 0.269 e. The molecule has 0 aliphatic rings. The lowest BCUT2D eigenvalue weighted by atomic mass is 10.1. The number of methoxy groups -OCH3 is 1. The van der Waals surface area contributed by atoms with Crippen molar-refractivity contribution in [2.75, 3.05) is 7.11 Å². The van der Waals surface area contributed by atoms with Crippen LogP contribution in [-0.4, -0.2) is 33.2 Å². The van der Waals surface area contributed by atoms with Gasteiger partial charge in [0.25, 0.3) is 5.91 Å². The Balaban J connectivity index is 1.74. The average Bonchev–Trinajstić information content (AvgIpc) is 3.26. The van der Waals surface area contributed by atoms with Gasteiger partial charge in [-0.05, 0) is 25.1 Å². The highest BCUT2D eigenvalue weighted by atomic mass is 16.5. The molecular weight excluding hydrogens is 294 g/mol. The maximum atomic E-state index is 12.3. The van der Waals surface area contributed by atoms with Crippen molar-refractivity contribution in [2.45, 2.75) is 13.0 Å². The molecule has 1 unspecified atom stereocenters. The molecule has 3 N–H and O–H groups in total. The third kappa shape index (κ3) is 3.23. The molecule has 0 bridgehead atoms. The predicted octanol–water partition coefficient (Wildman–Crippen LogP) is 2.30. The largest absolute Gasteiger partial charge is 0.497 e. The molecule has 23 heavy (non-hydrogen) atoms. The summed E-state index contributed by atoms with van der Waals surface area (Å²) in [5.74, 6) is 1.20. The first kappa shape index (κ1) is 14.8. The van der Waals surface area contributed by atoms with Gasteiger partial charge in [-0.1, -0.05) is 12.1 Å². The summed E-state index contributed by atoms with van der Waals surface area (Å²) in [6.45, 7) is 1.86. The van der Waals surface area contributed by atoms with Gasteiger partial charge in [0.15, 0.2) is 0 Å². The normalized spacial score (nSPS) is 11.9. The van der Waals surface area contributed by atoms with Crippen molar-refractivity contribution >= 4 is 5.91 Å². The molecule has 2 heterocycles. The second kappa shape index (κ2) is 6.35. The number of benzene rings is 1. The van der Waals surface area contributed by atoms with Gasteiger partial charge < -0.3 is 15.0 Å². The smallest absolute Gasteiger partial charge is 0.269 e. The van der Waals surface area contributed by atoms with Crippen LogP contribution in [0.2, 0.25) is 0 Å². The number of amides is 1. The number of aromatic nitrogens is 4. The molecule has 3 rings (SSSR count). The Morgan fingerprint density at radius 1 is 1.35 bits per heavy atom. The van der Waals surface area contributed by atoms with Crippen molar-refractivity contribution in [2.24, 2.45) is 0 Å². The molecular formula is C16H17N5O2. The van der Waals surface area contributed by atoms with E-state index in [1.807, 2.05) is 31.2 Å². The van der Waals surface area contributed by atoms with Gasteiger partial charge in [-0.15, -0.1) is 0 Å². The predicted molar refractivity (Wildman–Crippen MR) is 85.0 cm³/mol. The van der Waals surface area contributed by atoms with E-state index in [0.29, 0.717) is 17.2 Å². The number of imidazole rings is 1. The standard InChI is InChI=1S/C16H17N5O2/c1-10(15-17-6-7-18-15)19-16(22)14-9-13(20-21-14)11-4-3-5-12(8-11)23-2/h3-10H,1-2H3,(H,17,18)(H,19,22)(H,20,21). The fourth-order valence-electron chi connectivity index (χ4n) is 2.23. The van der Waals surface area contributed by atoms with Crippen LogP contribution < -0.4 is 10.1 Å². The van der Waals surface area contributed by atoms with Crippen LogP contribution >= 0.6 is 0 Å². The van der Waals surface area contributed by atoms with E-state index in [1.165, 1.54) is 0 Å². The molecule has 1 amide bonds. The minimum Gasteiger partial charge on any atom is -0.497 e. The van der Waals surface area contributed by atoms with Crippen LogP contribution in [0.15, 0.2) is 42.7 Å². The number of hydrogen-bond donors (Lipinski definition) is 3. The SMILES string of the molecule is COc1cccc(-c2cc(C(=O)NC(C)c3ncc[nH]3)[nH]n2)c1. The number of aromatic amines is 2. The van der Waals surface area contributed by atoms with Crippen molar-refractivity contribution in [1.29, 1.82) is 0 Å². The molecule has 0 aliphatic carbocycles. The Bertz CT molecular complexity index is 794. The zero-order chi connectivity index (χ0) is 16.2. The Hall–Kier alpha value is -3.09. The van der Waals surface area contributed by atoms with Crippen LogP contribution in [0.3, 0.4) is 0 Å². The molecule has 3 aromatic rings. The van der Waals surface area contributed by atoms with Crippen LogP contribution in [0.25, 0.3) is 11.3 Å². The minimum absolute atomic E-state index is 0.221. The van der Waals surface area contributed by atoms with E-state index in [4.69, 9.17) is 4.74 Å². The van der Waals surface area contributed by atoms with Gasteiger partial charge >= 0.3 is 0 Å². The summed E-state index contributed by atoms with van der Waals surface area (Å²) in [7, 11) is 1.61. The van der Waals surface area contributed by atoms with Crippen LogP contribution in [0.1, 0.15) is 29.3 Å². The average molecular weight is 311 g/mol. The second-order valence-electron chi connectivity index (χ2n) is 5.07. The van der Waals surface area contributed by atoms with Gasteiger partial charge in [0, 0.05) is 18.0 Å². The van der Waals surface area contributed by atoms with Crippen LogP contribution in [0, 0.1) is 0 Å². The highest BCUT2D eigenvalue weighted by Crippen LogP contribution is 2.22. The molecule has 118 valence electrons. The van der Waals surface area contributed by atoms with Crippen molar-refractivity contribution in [3.8, 4) is 17.0 Å². The van der Waals surface area contributed by atoms with Crippen LogP contribution in [0.4, 0.5) is 0 Å². The highest BCUT2D eigenvalue weighted by Gasteiger charge is 2.15. The monoisotopic (exact) mass is 311 g/mol. The van der Waals surface area contributed by atoms with E-state index >= 15 is 0 Å². The number of rotatable bonds is 5. The number of ether oxygens (including phenoxy) is 1. The highest BCUT2D eigenvalue weighted by molar-refractivity contribution is 5.93. The van der Waals surface area contributed by atoms with E-state index < -0.39 is 0 Å². The van der Waals surface area contributed by atoms with Crippen molar-refractivity contribution in [3.05, 3.63) is 54.2 Å². The number of carbonyl (C=O) groups is 1. The number of carbonyl (C=O) groups excluding carboxylic acids is 1. The first-order valence-electron chi connectivity index (χ1n) is 7.17. The van der Waals surface area contributed by atoms with Gasteiger partial charge in [-0.2, -0.15) is 5.10 Å². The molecule has 0 spiro atoms. The van der Waals surface area contributed by atoms with E-state index in [9.17, 15) is 4.79 Å².